The molecule has 1 aliphatic heterocycles. The highest BCUT2D eigenvalue weighted by atomic mass is 16.2. The van der Waals surface area contributed by atoms with Gasteiger partial charge in [-0.15, -0.1) is 0 Å². The third kappa shape index (κ3) is 2.12. The summed E-state index contributed by atoms with van der Waals surface area (Å²) in [5.74, 6) is -2.19. The zero-order valence-electron chi connectivity index (χ0n) is 11.6. The zero-order valence-corrected chi connectivity index (χ0v) is 11.6. The average molecular weight is 286 g/mol. The van der Waals surface area contributed by atoms with Crippen molar-refractivity contribution in [2.45, 2.75) is 19.3 Å². The molecule has 6 nitrogen and oxygen atoms in total. The third-order valence-electron chi connectivity index (χ3n) is 3.97. The van der Waals surface area contributed by atoms with Crippen LogP contribution in [0.3, 0.4) is 0 Å². The number of urea groups is 1. The molecule has 1 fully saturated rings. The van der Waals surface area contributed by atoms with Crippen molar-refractivity contribution in [2.75, 3.05) is 13.6 Å². The molecule has 4 amide bonds. The van der Waals surface area contributed by atoms with E-state index in [1.165, 1.54) is 12.6 Å². The van der Waals surface area contributed by atoms with Gasteiger partial charge in [-0.2, -0.15) is 0 Å². The van der Waals surface area contributed by atoms with Crippen LogP contribution in [-0.2, 0) is 22.4 Å². The molecule has 1 saturated heterocycles. The molecule has 0 unspecified atom stereocenters. The van der Waals surface area contributed by atoms with Crippen LogP contribution >= 0.6 is 0 Å². The number of aryl methyl sites for hydroxylation is 2. The van der Waals surface area contributed by atoms with E-state index in [0.29, 0.717) is 10.5 Å². The molecule has 1 heterocycles. The molecule has 0 N–H and O–H groups in total. The average Bonchev–Trinajstić information content (AvgIpc) is 3.02. The molecule has 108 valence electrons. The maximum atomic E-state index is 12.2. The van der Waals surface area contributed by atoms with E-state index in [1.54, 1.807) is 6.07 Å². The maximum absolute atomic E-state index is 12.2. The quantitative estimate of drug-likeness (QED) is 0.467. The van der Waals surface area contributed by atoms with Crippen LogP contribution in [0.1, 0.15) is 27.9 Å². The van der Waals surface area contributed by atoms with Gasteiger partial charge >= 0.3 is 17.8 Å². The summed E-state index contributed by atoms with van der Waals surface area (Å²) in [5, 5.41) is 0. The summed E-state index contributed by atoms with van der Waals surface area (Å²) in [5.41, 5.74) is 2.86. The number of ketones is 1. The van der Waals surface area contributed by atoms with Gasteiger partial charge in [-0.3, -0.25) is 19.3 Å². The van der Waals surface area contributed by atoms with Crippen LogP contribution in [-0.4, -0.2) is 47.0 Å². The van der Waals surface area contributed by atoms with Crippen molar-refractivity contribution >= 4 is 23.6 Å². The van der Waals surface area contributed by atoms with Crippen molar-refractivity contribution in [3.05, 3.63) is 34.9 Å². The van der Waals surface area contributed by atoms with E-state index in [0.717, 1.165) is 29.7 Å². The molecular weight excluding hydrogens is 272 g/mol. The number of likely N-dealkylation sites (N-methyl/N-ethyl adjacent to an activating group) is 1. The number of nitrogens with zero attached hydrogens (tertiary/aromatic N) is 2. The molecule has 0 spiro atoms. The standard InChI is InChI=1S/C15H14N2O4/c1-16-13(19)14(20)17(15(16)21)8-12(18)11-6-5-9-3-2-4-10(9)7-11/h5-7H,2-4,8H2,1H3. The predicted octanol–water partition coefficient (Wildman–Crippen LogP) is 0.779. The summed E-state index contributed by atoms with van der Waals surface area (Å²) in [4.78, 5) is 48.4. The number of hydrogen-bond acceptors (Lipinski definition) is 4. The van der Waals surface area contributed by atoms with Crippen LogP contribution in [0.5, 0.6) is 0 Å². The highest BCUT2D eigenvalue weighted by Crippen LogP contribution is 2.23. The maximum Gasteiger partial charge on any atom is 0.334 e. The monoisotopic (exact) mass is 286 g/mol. The fraction of sp³-hybridized carbons (Fsp3) is 0.333. The van der Waals surface area contributed by atoms with E-state index in [-0.39, 0.29) is 5.78 Å². The van der Waals surface area contributed by atoms with Crippen molar-refractivity contribution < 1.29 is 19.2 Å². The van der Waals surface area contributed by atoms with Gasteiger partial charge in [0.2, 0.25) is 0 Å². The summed E-state index contributed by atoms with van der Waals surface area (Å²) >= 11 is 0. The molecule has 3 rings (SSSR count). The summed E-state index contributed by atoms with van der Waals surface area (Å²) in [6, 6.07) is 4.70. The molecule has 21 heavy (non-hydrogen) atoms. The molecule has 0 bridgehead atoms. The Bertz CT molecular complexity index is 680. The Morgan fingerprint density at radius 1 is 1.10 bits per heavy atom. The van der Waals surface area contributed by atoms with Gasteiger partial charge in [-0.25, -0.2) is 9.69 Å². The molecule has 6 heteroatoms. The zero-order chi connectivity index (χ0) is 15.1. The van der Waals surface area contributed by atoms with Crippen molar-refractivity contribution in [3.8, 4) is 0 Å². The second-order valence-electron chi connectivity index (χ2n) is 5.30. The smallest absolute Gasteiger partial charge is 0.292 e. The topological polar surface area (TPSA) is 74.8 Å². The van der Waals surface area contributed by atoms with Crippen molar-refractivity contribution in [1.82, 2.24) is 9.80 Å². The summed E-state index contributed by atoms with van der Waals surface area (Å²) in [7, 11) is 1.22. The molecule has 1 aliphatic carbocycles. The highest BCUT2D eigenvalue weighted by Gasteiger charge is 2.43. The largest absolute Gasteiger partial charge is 0.334 e. The van der Waals surface area contributed by atoms with Gasteiger partial charge in [-0.05, 0) is 36.5 Å². The van der Waals surface area contributed by atoms with E-state index in [1.807, 2.05) is 12.1 Å². The first-order chi connectivity index (χ1) is 9.99. The lowest BCUT2D eigenvalue weighted by molar-refractivity contribution is -0.142. The van der Waals surface area contributed by atoms with E-state index in [4.69, 9.17) is 0 Å². The summed E-state index contributed by atoms with van der Waals surface area (Å²) in [6.07, 6.45) is 3.04. The van der Waals surface area contributed by atoms with Gasteiger partial charge in [0.05, 0.1) is 6.54 Å². The van der Waals surface area contributed by atoms with E-state index < -0.39 is 24.4 Å². The van der Waals surface area contributed by atoms with E-state index in [2.05, 4.69) is 0 Å². The molecular formula is C15H14N2O4. The van der Waals surface area contributed by atoms with E-state index in [9.17, 15) is 19.2 Å². The number of hydrogen-bond donors (Lipinski definition) is 0. The van der Waals surface area contributed by atoms with Gasteiger partial charge in [0, 0.05) is 12.6 Å². The first-order valence-electron chi connectivity index (χ1n) is 6.77. The molecule has 0 atom stereocenters. The first kappa shape index (κ1) is 13.5. The first-order valence-corrected chi connectivity index (χ1v) is 6.77. The van der Waals surface area contributed by atoms with Crippen LogP contribution in [0.2, 0.25) is 0 Å². The van der Waals surface area contributed by atoms with Gasteiger partial charge in [0.1, 0.15) is 0 Å². The number of rotatable bonds is 3. The predicted molar refractivity (Wildman–Crippen MR) is 72.7 cm³/mol. The molecule has 0 saturated carbocycles. The van der Waals surface area contributed by atoms with Crippen molar-refractivity contribution in [2.24, 2.45) is 0 Å². The van der Waals surface area contributed by atoms with Crippen molar-refractivity contribution in [3.63, 3.8) is 0 Å². The van der Waals surface area contributed by atoms with E-state index >= 15 is 0 Å². The fourth-order valence-corrected chi connectivity index (χ4v) is 2.73. The minimum absolute atomic E-state index is 0.338. The molecule has 2 aliphatic rings. The Labute approximate surface area is 121 Å². The lowest BCUT2D eigenvalue weighted by Gasteiger charge is -2.12. The van der Waals surface area contributed by atoms with Gasteiger partial charge < -0.3 is 0 Å². The van der Waals surface area contributed by atoms with Crippen LogP contribution in [0.4, 0.5) is 4.79 Å². The van der Waals surface area contributed by atoms with Crippen LogP contribution in [0.25, 0.3) is 0 Å². The number of carbonyl (C=O) groups is 4. The SMILES string of the molecule is CN1C(=O)C(=O)N(CC(=O)c2ccc3c(c2)CCC3)C1=O. The summed E-state index contributed by atoms with van der Waals surface area (Å²) in [6.45, 7) is -0.396. The Morgan fingerprint density at radius 3 is 2.48 bits per heavy atom. The van der Waals surface area contributed by atoms with Crippen LogP contribution in [0.15, 0.2) is 18.2 Å². The van der Waals surface area contributed by atoms with Crippen molar-refractivity contribution in [1.29, 1.82) is 0 Å². The Kier molecular flexibility index (Phi) is 3.08. The van der Waals surface area contributed by atoms with Gasteiger partial charge in [0.25, 0.3) is 0 Å². The third-order valence-corrected chi connectivity index (χ3v) is 3.97. The number of carbonyl (C=O) groups excluding carboxylic acids is 4. The fourth-order valence-electron chi connectivity index (χ4n) is 2.73. The molecule has 0 radical (unpaired) electrons. The number of imide groups is 2. The minimum atomic E-state index is -0.947. The lowest BCUT2D eigenvalue weighted by atomic mass is 10.0. The molecule has 0 aromatic heterocycles. The normalized spacial score (nSPS) is 17.7. The second-order valence-corrected chi connectivity index (χ2v) is 5.30. The second kappa shape index (κ2) is 4.80. The number of Topliss-reactive ketones (excluding diaryl/α,β-unsaturated/α-hetero) is 1. The lowest BCUT2D eigenvalue weighted by Crippen LogP contribution is -2.36. The van der Waals surface area contributed by atoms with Crippen LogP contribution < -0.4 is 0 Å². The molecule has 1 aromatic rings. The van der Waals surface area contributed by atoms with Gasteiger partial charge in [-0.1, -0.05) is 12.1 Å². The molecule has 1 aromatic carbocycles. The number of amides is 4. The Hall–Kier alpha value is -2.50. The van der Waals surface area contributed by atoms with Gasteiger partial charge in [0.15, 0.2) is 5.78 Å². The Morgan fingerprint density at radius 2 is 1.81 bits per heavy atom. The number of benzene rings is 1. The Balaban J connectivity index is 1.79. The minimum Gasteiger partial charge on any atom is -0.292 e. The highest BCUT2D eigenvalue weighted by molar-refractivity contribution is 6.45. The summed E-state index contributed by atoms with van der Waals surface area (Å²) < 4.78 is 0. The number of fused-ring (bicyclic) bond motifs is 1. The van der Waals surface area contributed by atoms with Crippen LogP contribution in [0, 0.1) is 0 Å².